The van der Waals surface area contributed by atoms with Crippen LogP contribution in [0.25, 0.3) is 10.8 Å². The highest BCUT2D eigenvalue weighted by molar-refractivity contribution is 6.01. The maximum atomic E-state index is 13.4. The van der Waals surface area contributed by atoms with E-state index in [1.165, 1.54) is 18.2 Å². The van der Waals surface area contributed by atoms with Gasteiger partial charge in [-0.25, -0.2) is 9.49 Å². The zero-order valence-electron chi connectivity index (χ0n) is 13.0. The number of hydrogen-bond donors (Lipinski definition) is 2. The first-order valence-electron chi connectivity index (χ1n) is 7.13. The van der Waals surface area contributed by atoms with Gasteiger partial charge in [-0.15, -0.1) is 0 Å². The van der Waals surface area contributed by atoms with Gasteiger partial charge in [-0.05, 0) is 26.0 Å². The molecule has 24 heavy (non-hydrogen) atoms. The fraction of sp³-hybridized carbons (Fsp3) is 0.188. The van der Waals surface area contributed by atoms with E-state index in [4.69, 9.17) is 9.15 Å². The molecule has 1 aromatic carbocycles. The summed E-state index contributed by atoms with van der Waals surface area (Å²) in [7, 11) is 0. The van der Waals surface area contributed by atoms with Crippen LogP contribution < -0.4 is 15.6 Å². The number of hydrogen-bond acceptors (Lipinski definition) is 5. The largest absolute Gasteiger partial charge is 0.481 e. The van der Waals surface area contributed by atoms with Crippen LogP contribution in [0.1, 0.15) is 11.5 Å². The molecule has 0 bridgehead atoms. The van der Waals surface area contributed by atoms with Crippen molar-refractivity contribution in [3.63, 3.8) is 0 Å². The molecule has 0 aliphatic heterocycles. The maximum Gasteiger partial charge on any atom is 0.277 e. The fourth-order valence-corrected chi connectivity index (χ4v) is 2.40. The van der Waals surface area contributed by atoms with Crippen molar-refractivity contribution in [1.29, 1.82) is 0 Å². The molecule has 2 N–H and O–H groups in total. The second-order valence-electron chi connectivity index (χ2n) is 5.14. The minimum Gasteiger partial charge on any atom is -0.481 e. The molecule has 0 saturated carbocycles. The summed E-state index contributed by atoms with van der Waals surface area (Å²) in [6, 6.07) is 5.75. The van der Waals surface area contributed by atoms with Crippen molar-refractivity contribution in [2.45, 2.75) is 13.8 Å². The standard InChI is InChI=1S/C16H14FN3O4/c1-8-13-9(2)24-16(14(13)15(22)20-19-8)18-12(21)7-23-11-6-4-3-5-10(11)17/h3-6H,7H2,1-2H3,(H,18,21)(H,20,22). The Morgan fingerprint density at radius 1 is 1.33 bits per heavy atom. The number of aryl methyl sites for hydroxylation is 2. The molecule has 0 atom stereocenters. The van der Waals surface area contributed by atoms with E-state index < -0.39 is 23.9 Å². The number of halogens is 1. The summed E-state index contributed by atoms with van der Waals surface area (Å²) in [6.45, 7) is 2.96. The van der Waals surface area contributed by atoms with Crippen molar-refractivity contribution in [2.24, 2.45) is 0 Å². The number of nitrogens with one attached hydrogen (secondary N) is 2. The zero-order chi connectivity index (χ0) is 17.3. The van der Waals surface area contributed by atoms with Crippen LogP contribution in [0.15, 0.2) is 33.5 Å². The van der Waals surface area contributed by atoms with Crippen molar-refractivity contribution >= 4 is 22.6 Å². The SMILES string of the molecule is Cc1n[nH]c(=O)c2c(NC(=O)COc3ccccc3F)oc(C)c12. The van der Waals surface area contributed by atoms with Crippen LogP contribution in [-0.4, -0.2) is 22.7 Å². The summed E-state index contributed by atoms with van der Waals surface area (Å²) in [5, 5.41) is 9.42. The first-order valence-corrected chi connectivity index (χ1v) is 7.13. The first kappa shape index (κ1) is 15.7. The fourth-order valence-electron chi connectivity index (χ4n) is 2.40. The van der Waals surface area contributed by atoms with Gasteiger partial charge in [0.2, 0.25) is 5.88 Å². The number of H-pyrrole nitrogens is 1. The normalized spacial score (nSPS) is 10.8. The van der Waals surface area contributed by atoms with E-state index in [0.29, 0.717) is 16.8 Å². The number of carbonyl (C=O) groups is 1. The van der Waals surface area contributed by atoms with E-state index in [1.54, 1.807) is 19.9 Å². The topological polar surface area (TPSA) is 97.2 Å². The summed E-state index contributed by atoms with van der Waals surface area (Å²) < 4.78 is 24.0. The van der Waals surface area contributed by atoms with Crippen LogP contribution >= 0.6 is 0 Å². The number of ether oxygens (including phenoxy) is 1. The third-order valence-corrected chi connectivity index (χ3v) is 3.45. The number of benzene rings is 1. The number of furan rings is 1. The van der Waals surface area contributed by atoms with Gasteiger partial charge in [-0.2, -0.15) is 5.10 Å². The van der Waals surface area contributed by atoms with E-state index in [9.17, 15) is 14.0 Å². The molecule has 8 heteroatoms. The van der Waals surface area contributed by atoms with Crippen LogP contribution in [-0.2, 0) is 4.79 Å². The Labute approximate surface area is 135 Å². The third kappa shape index (κ3) is 2.85. The van der Waals surface area contributed by atoms with Gasteiger partial charge in [-0.3, -0.25) is 14.9 Å². The van der Waals surface area contributed by atoms with Gasteiger partial charge in [0.1, 0.15) is 11.1 Å². The second-order valence-corrected chi connectivity index (χ2v) is 5.14. The van der Waals surface area contributed by atoms with Crippen LogP contribution in [0.5, 0.6) is 5.75 Å². The minimum atomic E-state index is -0.581. The van der Waals surface area contributed by atoms with Crippen molar-refractivity contribution < 1.29 is 18.3 Å². The van der Waals surface area contributed by atoms with Gasteiger partial charge >= 0.3 is 0 Å². The summed E-state index contributed by atoms with van der Waals surface area (Å²) in [6.07, 6.45) is 0. The number of amides is 1. The van der Waals surface area contributed by atoms with Gasteiger partial charge in [0, 0.05) is 0 Å². The van der Waals surface area contributed by atoms with Gasteiger partial charge in [0.25, 0.3) is 11.5 Å². The molecule has 0 unspecified atom stereocenters. The molecule has 0 fully saturated rings. The molecule has 0 aliphatic rings. The molecule has 0 radical (unpaired) electrons. The van der Waals surface area contributed by atoms with Crippen molar-refractivity contribution in [2.75, 3.05) is 11.9 Å². The highest BCUT2D eigenvalue weighted by Crippen LogP contribution is 2.28. The molecule has 0 saturated heterocycles. The number of rotatable bonds is 4. The van der Waals surface area contributed by atoms with Gasteiger partial charge in [-0.1, -0.05) is 12.1 Å². The number of para-hydroxylation sites is 1. The third-order valence-electron chi connectivity index (χ3n) is 3.45. The van der Waals surface area contributed by atoms with Gasteiger partial charge in [0.15, 0.2) is 18.2 Å². The van der Waals surface area contributed by atoms with Crippen molar-refractivity contribution in [3.05, 3.63) is 51.9 Å². The van der Waals surface area contributed by atoms with E-state index in [-0.39, 0.29) is 17.0 Å². The number of aromatic amines is 1. The lowest BCUT2D eigenvalue weighted by Gasteiger charge is -2.06. The molecule has 124 valence electrons. The van der Waals surface area contributed by atoms with E-state index >= 15 is 0 Å². The highest BCUT2D eigenvalue weighted by Gasteiger charge is 2.19. The minimum absolute atomic E-state index is 0.0105. The average molecular weight is 331 g/mol. The summed E-state index contributed by atoms with van der Waals surface area (Å²) >= 11 is 0. The van der Waals surface area contributed by atoms with Crippen LogP contribution in [0, 0.1) is 19.7 Å². The van der Waals surface area contributed by atoms with E-state index in [0.717, 1.165) is 0 Å². The molecule has 2 aromatic heterocycles. The smallest absolute Gasteiger partial charge is 0.277 e. The van der Waals surface area contributed by atoms with E-state index in [1.807, 2.05) is 0 Å². The first-order chi connectivity index (χ1) is 11.5. The lowest BCUT2D eigenvalue weighted by molar-refractivity contribution is -0.118. The molecule has 3 aromatic rings. The Kier molecular flexibility index (Phi) is 4.03. The molecular weight excluding hydrogens is 317 g/mol. The summed E-state index contributed by atoms with van der Waals surface area (Å²) in [5.41, 5.74) is 0.103. The molecule has 2 heterocycles. The second kappa shape index (κ2) is 6.15. The quantitative estimate of drug-likeness (QED) is 0.764. The monoisotopic (exact) mass is 331 g/mol. The molecule has 3 rings (SSSR count). The Bertz CT molecular complexity index is 977. The maximum absolute atomic E-state index is 13.4. The Morgan fingerprint density at radius 3 is 2.83 bits per heavy atom. The summed E-state index contributed by atoms with van der Waals surface area (Å²) in [4.78, 5) is 24.0. The Balaban J connectivity index is 1.80. The number of aromatic nitrogens is 2. The number of nitrogens with zero attached hydrogens (tertiary/aromatic N) is 1. The van der Waals surface area contributed by atoms with E-state index in [2.05, 4.69) is 15.5 Å². The molecule has 0 aliphatic carbocycles. The lowest BCUT2D eigenvalue weighted by Crippen LogP contribution is -2.21. The van der Waals surface area contributed by atoms with Crippen LogP contribution in [0.2, 0.25) is 0 Å². The van der Waals surface area contributed by atoms with Gasteiger partial charge < -0.3 is 9.15 Å². The van der Waals surface area contributed by atoms with Crippen molar-refractivity contribution in [1.82, 2.24) is 10.2 Å². The highest BCUT2D eigenvalue weighted by atomic mass is 19.1. The predicted octanol–water partition coefficient (Wildman–Crippen LogP) is 2.29. The van der Waals surface area contributed by atoms with Crippen molar-refractivity contribution in [3.8, 4) is 5.75 Å². The average Bonchev–Trinajstić information content (AvgIpc) is 2.88. The molecular formula is C16H14FN3O4. The molecule has 1 amide bonds. The Hall–Kier alpha value is -3.16. The van der Waals surface area contributed by atoms with Crippen LogP contribution in [0.3, 0.4) is 0 Å². The van der Waals surface area contributed by atoms with Gasteiger partial charge in [0.05, 0.1) is 11.1 Å². The Morgan fingerprint density at radius 2 is 2.08 bits per heavy atom. The molecule has 0 spiro atoms. The summed E-state index contributed by atoms with van der Waals surface area (Å²) in [5.74, 6) is -0.709. The number of carbonyl (C=O) groups excluding carboxylic acids is 1. The number of anilines is 1. The van der Waals surface area contributed by atoms with Crippen LogP contribution in [0.4, 0.5) is 10.3 Å². The predicted molar refractivity (Wildman–Crippen MR) is 84.6 cm³/mol. The lowest BCUT2D eigenvalue weighted by atomic mass is 10.2. The zero-order valence-corrected chi connectivity index (χ0v) is 13.0. The molecule has 7 nitrogen and oxygen atoms in total. The number of fused-ring (bicyclic) bond motifs is 1.